The highest BCUT2D eigenvalue weighted by molar-refractivity contribution is 8.27. The Kier molecular flexibility index (Phi) is 5.71. The molecule has 1 N–H and O–H groups in total. The predicted molar refractivity (Wildman–Crippen MR) is 123 cm³/mol. The van der Waals surface area contributed by atoms with E-state index < -0.39 is 5.97 Å². The maximum Gasteiger partial charge on any atom is 0.335 e. The first-order chi connectivity index (χ1) is 14.3. The lowest BCUT2D eigenvalue weighted by Gasteiger charge is -2.14. The second kappa shape index (κ2) is 8.28. The second-order valence-electron chi connectivity index (χ2n) is 6.20. The summed E-state index contributed by atoms with van der Waals surface area (Å²) in [6, 6.07) is 14.5. The van der Waals surface area contributed by atoms with Crippen molar-refractivity contribution >= 4 is 75.1 Å². The lowest BCUT2D eigenvalue weighted by Crippen LogP contribution is -2.27. The quantitative estimate of drug-likeness (QED) is 0.349. The zero-order valence-electron chi connectivity index (χ0n) is 15.0. The SMILES string of the molecule is O=C(O)c1ccc(N2C(=O)/C(=C/c3ccc(-c4cc(Cl)ccc4Cl)o3)SC2=S)cc1. The summed E-state index contributed by atoms with van der Waals surface area (Å²) in [5.74, 6) is -0.372. The van der Waals surface area contributed by atoms with Gasteiger partial charge in [-0.05, 0) is 54.6 Å². The van der Waals surface area contributed by atoms with Gasteiger partial charge in [0.25, 0.3) is 5.91 Å². The Labute approximate surface area is 190 Å². The summed E-state index contributed by atoms with van der Waals surface area (Å²) in [6.45, 7) is 0. The van der Waals surface area contributed by atoms with E-state index in [9.17, 15) is 9.59 Å². The van der Waals surface area contributed by atoms with Crippen LogP contribution in [0.2, 0.25) is 10.0 Å². The molecule has 1 amide bonds. The largest absolute Gasteiger partial charge is 0.478 e. The molecule has 0 bridgehead atoms. The highest BCUT2D eigenvalue weighted by atomic mass is 35.5. The van der Waals surface area contributed by atoms with Crippen LogP contribution >= 0.6 is 47.2 Å². The predicted octanol–water partition coefficient (Wildman–Crippen LogP) is 6.36. The van der Waals surface area contributed by atoms with E-state index in [1.165, 1.54) is 17.0 Å². The van der Waals surface area contributed by atoms with Crippen LogP contribution in [0.4, 0.5) is 5.69 Å². The first-order valence-corrected chi connectivity index (χ1v) is 10.5. The van der Waals surface area contributed by atoms with Crippen molar-refractivity contribution < 1.29 is 19.1 Å². The number of carbonyl (C=O) groups is 2. The number of hydrogen-bond acceptors (Lipinski definition) is 5. The van der Waals surface area contributed by atoms with Crippen LogP contribution in [0, 0.1) is 0 Å². The van der Waals surface area contributed by atoms with Crippen LogP contribution in [0.3, 0.4) is 0 Å². The van der Waals surface area contributed by atoms with Crippen LogP contribution in [-0.2, 0) is 4.79 Å². The zero-order valence-corrected chi connectivity index (χ0v) is 18.1. The Morgan fingerprint density at radius 1 is 1.10 bits per heavy atom. The highest BCUT2D eigenvalue weighted by Crippen LogP contribution is 2.37. The fraction of sp³-hybridized carbons (Fsp3) is 0. The number of thiocarbonyl (C=S) groups is 1. The number of amides is 1. The molecule has 2 heterocycles. The van der Waals surface area contributed by atoms with Crippen LogP contribution in [0.5, 0.6) is 0 Å². The minimum absolute atomic E-state index is 0.127. The molecule has 0 radical (unpaired) electrons. The average Bonchev–Trinajstić information content (AvgIpc) is 3.28. The van der Waals surface area contributed by atoms with Crippen molar-refractivity contribution in [3.05, 3.63) is 80.9 Å². The summed E-state index contributed by atoms with van der Waals surface area (Å²) < 4.78 is 6.17. The third-order valence-electron chi connectivity index (χ3n) is 4.26. The smallest absolute Gasteiger partial charge is 0.335 e. The number of rotatable bonds is 4. The minimum Gasteiger partial charge on any atom is -0.478 e. The lowest BCUT2D eigenvalue weighted by molar-refractivity contribution is -0.113. The monoisotopic (exact) mass is 475 g/mol. The maximum atomic E-state index is 12.9. The Hall–Kier alpha value is -2.58. The number of carboxylic acids is 1. The van der Waals surface area contributed by atoms with E-state index in [2.05, 4.69) is 0 Å². The van der Waals surface area contributed by atoms with Gasteiger partial charge in [-0.15, -0.1) is 0 Å². The molecule has 1 aliphatic rings. The fourth-order valence-corrected chi connectivity index (χ4v) is 4.50. The van der Waals surface area contributed by atoms with Crippen LogP contribution < -0.4 is 4.90 Å². The zero-order chi connectivity index (χ0) is 21.4. The van der Waals surface area contributed by atoms with Gasteiger partial charge in [0, 0.05) is 16.7 Å². The maximum absolute atomic E-state index is 12.9. The number of benzene rings is 2. The summed E-state index contributed by atoms with van der Waals surface area (Å²) in [5.41, 5.74) is 1.27. The third kappa shape index (κ3) is 4.02. The number of thioether (sulfide) groups is 1. The molecule has 3 aromatic rings. The molecule has 4 rings (SSSR count). The summed E-state index contributed by atoms with van der Waals surface area (Å²) in [6.07, 6.45) is 1.60. The van der Waals surface area contributed by atoms with E-state index >= 15 is 0 Å². The van der Waals surface area contributed by atoms with Gasteiger partial charge in [0.15, 0.2) is 4.32 Å². The molecule has 0 unspecified atom stereocenters. The summed E-state index contributed by atoms with van der Waals surface area (Å²) in [7, 11) is 0. The van der Waals surface area contributed by atoms with E-state index in [1.54, 1.807) is 48.5 Å². The van der Waals surface area contributed by atoms with Gasteiger partial charge in [0.2, 0.25) is 0 Å². The minimum atomic E-state index is -1.04. The highest BCUT2D eigenvalue weighted by Gasteiger charge is 2.33. The number of hydrogen-bond donors (Lipinski definition) is 1. The van der Waals surface area contributed by atoms with E-state index in [1.807, 2.05) is 0 Å². The van der Waals surface area contributed by atoms with Crippen LogP contribution in [-0.4, -0.2) is 21.3 Å². The number of carboxylic acid groups (broad SMARTS) is 1. The van der Waals surface area contributed by atoms with E-state index in [0.29, 0.717) is 42.0 Å². The molecule has 0 saturated carbocycles. The fourth-order valence-electron chi connectivity index (χ4n) is 2.83. The number of nitrogens with zero attached hydrogens (tertiary/aromatic N) is 1. The van der Waals surface area contributed by atoms with E-state index in [4.69, 9.17) is 44.9 Å². The van der Waals surface area contributed by atoms with Gasteiger partial charge in [0.1, 0.15) is 11.5 Å². The molecule has 150 valence electrons. The van der Waals surface area contributed by atoms with Crippen molar-refractivity contribution in [3.63, 3.8) is 0 Å². The van der Waals surface area contributed by atoms with Crippen molar-refractivity contribution in [1.82, 2.24) is 0 Å². The molecule has 1 saturated heterocycles. The molecule has 5 nitrogen and oxygen atoms in total. The summed E-state index contributed by atoms with van der Waals surface area (Å²) >= 11 is 18.7. The third-order valence-corrected chi connectivity index (χ3v) is 6.13. The first kappa shape index (κ1) is 20.7. The van der Waals surface area contributed by atoms with Crippen molar-refractivity contribution in [1.29, 1.82) is 0 Å². The van der Waals surface area contributed by atoms with Crippen molar-refractivity contribution in [2.45, 2.75) is 0 Å². The second-order valence-corrected chi connectivity index (χ2v) is 8.71. The van der Waals surface area contributed by atoms with Gasteiger partial charge in [-0.25, -0.2) is 4.79 Å². The topological polar surface area (TPSA) is 70.8 Å². The molecule has 9 heteroatoms. The molecule has 0 atom stereocenters. The molecule has 0 spiro atoms. The normalized spacial score (nSPS) is 15.3. The Morgan fingerprint density at radius 2 is 1.83 bits per heavy atom. The van der Waals surface area contributed by atoms with Gasteiger partial charge in [-0.1, -0.05) is 47.2 Å². The van der Waals surface area contributed by atoms with Gasteiger partial charge < -0.3 is 9.52 Å². The van der Waals surface area contributed by atoms with E-state index in [0.717, 1.165) is 11.8 Å². The van der Waals surface area contributed by atoms with Gasteiger partial charge in [-0.2, -0.15) is 0 Å². The summed E-state index contributed by atoms with van der Waals surface area (Å²) in [4.78, 5) is 25.6. The molecule has 1 fully saturated rings. The molecule has 2 aromatic carbocycles. The molecular weight excluding hydrogens is 465 g/mol. The van der Waals surface area contributed by atoms with Crippen LogP contribution in [0.15, 0.2) is 63.9 Å². The standard InChI is InChI=1S/C21H11Cl2NO4S2/c22-12-3-7-16(23)15(9-12)17-8-6-14(28-17)10-18-19(25)24(21(29)30-18)13-4-1-11(2-5-13)20(26)27/h1-10H,(H,26,27)/b18-10-. The Bertz CT molecular complexity index is 1220. The molecular formula is C21H11Cl2NO4S2. The first-order valence-electron chi connectivity index (χ1n) is 8.50. The molecule has 1 aliphatic heterocycles. The molecule has 1 aromatic heterocycles. The van der Waals surface area contributed by atoms with Crippen LogP contribution in [0.1, 0.15) is 16.1 Å². The van der Waals surface area contributed by atoms with Gasteiger partial charge in [-0.3, -0.25) is 9.69 Å². The van der Waals surface area contributed by atoms with Crippen molar-refractivity contribution in [2.75, 3.05) is 4.90 Å². The Balaban J connectivity index is 1.60. The summed E-state index contributed by atoms with van der Waals surface area (Å²) in [5, 5.41) is 10.0. The van der Waals surface area contributed by atoms with E-state index in [-0.39, 0.29) is 11.5 Å². The average molecular weight is 476 g/mol. The van der Waals surface area contributed by atoms with Crippen LogP contribution in [0.25, 0.3) is 17.4 Å². The number of furan rings is 1. The number of aromatic carboxylic acids is 1. The number of anilines is 1. The molecule has 0 aliphatic carbocycles. The van der Waals surface area contributed by atoms with Crippen molar-refractivity contribution in [2.24, 2.45) is 0 Å². The Morgan fingerprint density at radius 3 is 2.53 bits per heavy atom. The number of halogens is 2. The number of carbonyl (C=O) groups excluding carboxylic acids is 1. The van der Waals surface area contributed by atoms with Gasteiger partial charge in [0.05, 0.1) is 21.2 Å². The van der Waals surface area contributed by atoms with Crippen molar-refractivity contribution in [3.8, 4) is 11.3 Å². The van der Waals surface area contributed by atoms with Gasteiger partial charge >= 0.3 is 5.97 Å². The molecule has 30 heavy (non-hydrogen) atoms. The lowest BCUT2D eigenvalue weighted by atomic mass is 10.2.